The summed E-state index contributed by atoms with van der Waals surface area (Å²) in [5.74, 6) is 0.508. The van der Waals surface area contributed by atoms with E-state index in [4.69, 9.17) is 9.72 Å². The van der Waals surface area contributed by atoms with Crippen molar-refractivity contribution >= 4 is 5.91 Å². The summed E-state index contributed by atoms with van der Waals surface area (Å²) in [5.41, 5.74) is 1.76. The van der Waals surface area contributed by atoms with E-state index in [0.29, 0.717) is 50.4 Å². The van der Waals surface area contributed by atoms with Gasteiger partial charge in [-0.05, 0) is 49.8 Å². The molecule has 1 aromatic heterocycles. The van der Waals surface area contributed by atoms with Gasteiger partial charge in [0.15, 0.2) is 5.82 Å². The van der Waals surface area contributed by atoms with Gasteiger partial charge < -0.3 is 9.64 Å². The number of likely N-dealkylation sites (tertiary alicyclic amines) is 1. The van der Waals surface area contributed by atoms with Crippen LogP contribution >= 0.6 is 0 Å². The fraction of sp³-hybridized carbons (Fsp3) is 0.370. The van der Waals surface area contributed by atoms with Crippen LogP contribution in [0.15, 0.2) is 66.9 Å². The minimum atomic E-state index is -0.654. The summed E-state index contributed by atoms with van der Waals surface area (Å²) in [5, 5.41) is 0. The molecular formula is C27H28FN3O2. The molecular weight excluding hydrogens is 417 g/mol. The van der Waals surface area contributed by atoms with E-state index in [2.05, 4.69) is 4.98 Å². The quantitative estimate of drug-likeness (QED) is 0.556. The Hall–Kier alpha value is -3.12. The average molecular weight is 446 g/mol. The number of halogens is 1. The van der Waals surface area contributed by atoms with Crippen LogP contribution in [-0.4, -0.2) is 40.5 Å². The van der Waals surface area contributed by atoms with E-state index >= 15 is 0 Å². The lowest BCUT2D eigenvalue weighted by molar-refractivity contribution is -0.149. The molecule has 2 aliphatic rings. The Balaban J connectivity index is 1.45. The molecule has 6 heteroatoms. The smallest absolute Gasteiger partial charge is 0.229 e. The molecule has 2 saturated heterocycles. The number of hydrogen-bond acceptors (Lipinski definition) is 4. The predicted octanol–water partition coefficient (Wildman–Crippen LogP) is 4.99. The van der Waals surface area contributed by atoms with E-state index in [1.54, 1.807) is 18.3 Å². The molecule has 0 spiro atoms. The molecule has 33 heavy (non-hydrogen) atoms. The second-order valence-corrected chi connectivity index (χ2v) is 8.99. The van der Waals surface area contributed by atoms with Gasteiger partial charge in [0.05, 0.1) is 17.2 Å². The number of carbonyl (C=O) groups is 1. The van der Waals surface area contributed by atoms with Gasteiger partial charge in [-0.1, -0.05) is 48.5 Å². The summed E-state index contributed by atoms with van der Waals surface area (Å²) in [4.78, 5) is 25.3. The maximum atomic E-state index is 14.5. The molecule has 2 aliphatic heterocycles. The van der Waals surface area contributed by atoms with Crippen LogP contribution < -0.4 is 0 Å². The third kappa shape index (κ3) is 4.40. The van der Waals surface area contributed by atoms with E-state index in [1.807, 2.05) is 47.4 Å². The summed E-state index contributed by atoms with van der Waals surface area (Å²) in [6, 6.07) is 18.5. The largest absolute Gasteiger partial charge is 0.381 e. The van der Waals surface area contributed by atoms with Crippen LogP contribution in [0, 0.1) is 11.2 Å². The van der Waals surface area contributed by atoms with Gasteiger partial charge in [-0.25, -0.2) is 14.4 Å². The van der Waals surface area contributed by atoms with Crippen LogP contribution in [0.1, 0.15) is 43.0 Å². The van der Waals surface area contributed by atoms with Crippen molar-refractivity contribution in [1.29, 1.82) is 0 Å². The number of rotatable bonds is 5. The van der Waals surface area contributed by atoms with Crippen molar-refractivity contribution in [2.24, 2.45) is 5.41 Å². The van der Waals surface area contributed by atoms with Gasteiger partial charge in [0.1, 0.15) is 5.82 Å². The fourth-order valence-corrected chi connectivity index (χ4v) is 5.14. The van der Waals surface area contributed by atoms with Crippen LogP contribution in [0.25, 0.3) is 11.4 Å². The topological polar surface area (TPSA) is 55.3 Å². The number of benzene rings is 2. The highest BCUT2D eigenvalue weighted by atomic mass is 19.1. The predicted molar refractivity (Wildman–Crippen MR) is 124 cm³/mol. The third-order valence-corrected chi connectivity index (χ3v) is 6.95. The lowest BCUT2D eigenvalue weighted by atomic mass is 9.73. The van der Waals surface area contributed by atoms with Crippen molar-refractivity contribution < 1.29 is 13.9 Å². The molecule has 1 amide bonds. The van der Waals surface area contributed by atoms with Crippen molar-refractivity contribution in [3.05, 3.63) is 83.9 Å². The first kappa shape index (κ1) is 21.7. The zero-order valence-electron chi connectivity index (χ0n) is 18.6. The lowest BCUT2D eigenvalue weighted by Gasteiger charge is -2.40. The Kier molecular flexibility index (Phi) is 6.18. The van der Waals surface area contributed by atoms with Crippen molar-refractivity contribution in [2.45, 2.75) is 38.1 Å². The zero-order valence-corrected chi connectivity index (χ0v) is 18.6. The third-order valence-electron chi connectivity index (χ3n) is 6.95. The van der Waals surface area contributed by atoms with Crippen LogP contribution in [0.5, 0.6) is 0 Å². The minimum absolute atomic E-state index is 0.0939. The number of amides is 1. The summed E-state index contributed by atoms with van der Waals surface area (Å²) in [6.07, 6.45) is 5.15. The van der Waals surface area contributed by atoms with Crippen molar-refractivity contribution in [1.82, 2.24) is 14.9 Å². The normalized spacial score (nSPS) is 20.0. The minimum Gasteiger partial charge on any atom is -0.381 e. The second-order valence-electron chi connectivity index (χ2n) is 8.99. The van der Waals surface area contributed by atoms with E-state index in [9.17, 15) is 9.18 Å². The van der Waals surface area contributed by atoms with E-state index in [0.717, 1.165) is 24.1 Å². The standard InChI is InChI=1S/C27H28FN3O2/c28-22-10-5-4-9-21(22)19-27(13-17-33-18-14-27)26(32)31-16-6-11-24(31)23-12-15-29-25(30-23)20-7-2-1-3-8-20/h1-5,7-10,12,15,24H,6,11,13-14,16-19H2/t24-/m1/s1. The molecule has 0 N–H and O–H groups in total. The van der Waals surface area contributed by atoms with Gasteiger partial charge in [0.25, 0.3) is 0 Å². The maximum absolute atomic E-state index is 14.5. The molecule has 2 aromatic carbocycles. The molecule has 2 fully saturated rings. The molecule has 0 saturated carbocycles. The molecule has 0 radical (unpaired) electrons. The van der Waals surface area contributed by atoms with Gasteiger partial charge in [-0.3, -0.25) is 4.79 Å². The Morgan fingerprint density at radius 3 is 2.61 bits per heavy atom. The number of aromatic nitrogens is 2. The number of hydrogen-bond donors (Lipinski definition) is 0. The number of carbonyl (C=O) groups excluding carboxylic acids is 1. The van der Waals surface area contributed by atoms with Gasteiger partial charge in [-0.15, -0.1) is 0 Å². The highest BCUT2D eigenvalue weighted by Gasteiger charge is 2.46. The van der Waals surface area contributed by atoms with E-state index in [-0.39, 0.29) is 17.8 Å². The zero-order chi connectivity index (χ0) is 22.7. The Morgan fingerprint density at radius 1 is 1.06 bits per heavy atom. The molecule has 170 valence electrons. The molecule has 5 rings (SSSR count). The SMILES string of the molecule is O=C(N1CCC[C@@H]1c1ccnc(-c2ccccc2)n1)C1(Cc2ccccc2F)CCOCC1. The molecule has 5 nitrogen and oxygen atoms in total. The number of nitrogens with zero attached hydrogens (tertiary/aromatic N) is 3. The first-order valence-electron chi connectivity index (χ1n) is 11.7. The highest BCUT2D eigenvalue weighted by Crippen LogP contribution is 2.42. The summed E-state index contributed by atoms with van der Waals surface area (Å²) in [6.45, 7) is 1.72. The van der Waals surface area contributed by atoms with Crippen LogP contribution in [-0.2, 0) is 16.0 Å². The molecule has 1 atom stereocenters. The first-order chi connectivity index (χ1) is 16.2. The van der Waals surface area contributed by atoms with Gasteiger partial charge in [0.2, 0.25) is 5.91 Å². The average Bonchev–Trinajstić information content (AvgIpc) is 3.36. The van der Waals surface area contributed by atoms with Crippen molar-refractivity contribution in [3.8, 4) is 11.4 Å². The Bertz CT molecular complexity index is 1120. The second kappa shape index (κ2) is 9.40. The molecule has 0 unspecified atom stereocenters. The number of ether oxygens (including phenoxy) is 1. The van der Waals surface area contributed by atoms with E-state index in [1.165, 1.54) is 6.07 Å². The first-order valence-corrected chi connectivity index (χ1v) is 11.7. The van der Waals surface area contributed by atoms with Crippen LogP contribution in [0.2, 0.25) is 0 Å². The van der Waals surface area contributed by atoms with Crippen LogP contribution in [0.4, 0.5) is 4.39 Å². The highest BCUT2D eigenvalue weighted by molar-refractivity contribution is 5.84. The van der Waals surface area contributed by atoms with Gasteiger partial charge in [-0.2, -0.15) is 0 Å². The molecule has 3 heterocycles. The van der Waals surface area contributed by atoms with Crippen LogP contribution in [0.3, 0.4) is 0 Å². The van der Waals surface area contributed by atoms with Gasteiger partial charge in [0, 0.05) is 31.5 Å². The lowest BCUT2D eigenvalue weighted by Crippen LogP contribution is -2.48. The summed E-state index contributed by atoms with van der Waals surface area (Å²) < 4.78 is 20.1. The van der Waals surface area contributed by atoms with Crippen molar-refractivity contribution in [2.75, 3.05) is 19.8 Å². The molecule has 0 bridgehead atoms. The Labute approximate surface area is 193 Å². The maximum Gasteiger partial charge on any atom is 0.229 e. The van der Waals surface area contributed by atoms with E-state index < -0.39 is 5.41 Å². The van der Waals surface area contributed by atoms with Crippen molar-refractivity contribution in [3.63, 3.8) is 0 Å². The summed E-state index contributed by atoms with van der Waals surface area (Å²) in [7, 11) is 0. The fourth-order valence-electron chi connectivity index (χ4n) is 5.14. The monoisotopic (exact) mass is 445 g/mol. The summed E-state index contributed by atoms with van der Waals surface area (Å²) >= 11 is 0. The molecule has 0 aliphatic carbocycles. The Morgan fingerprint density at radius 2 is 1.82 bits per heavy atom. The van der Waals surface area contributed by atoms with Gasteiger partial charge >= 0.3 is 0 Å². The molecule has 3 aromatic rings.